The first-order valence-electron chi connectivity index (χ1n) is 11.3. The first-order valence-corrected chi connectivity index (χ1v) is 15.0. The number of ether oxygens (including phenoxy) is 1. The van der Waals surface area contributed by atoms with Crippen LogP contribution in [-0.2, 0) is 44.3 Å². The van der Waals surface area contributed by atoms with Crippen LogP contribution in [0.1, 0.15) is 12.5 Å². The second-order valence-corrected chi connectivity index (χ2v) is 12.1. The van der Waals surface area contributed by atoms with Gasteiger partial charge >= 0.3 is 16.1 Å². The van der Waals surface area contributed by atoms with E-state index in [1.54, 1.807) is 26.0 Å². The summed E-state index contributed by atoms with van der Waals surface area (Å²) in [6, 6.07) is 4.94. The molecule has 14 nitrogen and oxygen atoms in total. The van der Waals surface area contributed by atoms with Crippen LogP contribution in [0.5, 0.6) is 0 Å². The molecule has 0 aliphatic carbocycles. The zero-order valence-electron chi connectivity index (χ0n) is 20.6. The average Bonchev–Trinajstić information content (AvgIpc) is 3.22. The summed E-state index contributed by atoms with van der Waals surface area (Å²) in [6.45, 7) is 3.56. The molecular formula is C22H24N6O8S3. The number of amidine groups is 2. The number of β-lactam (4-membered cyclic amide) rings is 1. The van der Waals surface area contributed by atoms with Gasteiger partial charge in [-0.25, -0.2) is 9.79 Å². The Labute approximate surface area is 230 Å². The molecule has 0 spiro atoms. The fraction of sp³-hybridized carbons (Fsp3) is 0.318. The summed E-state index contributed by atoms with van der Waals surface area (Å²) >= 11 is 1.18. The van der Waals surface area contributed by atoms with E-state index in [9.17, 15) is 27.9 Å². The fourth-order valence-corrected chi connectivity index (χ4v) is 6.50. The van der Waals surface area contributed by atoms with E-state index in [1.807, 2.05) is 0 Å². The minimum absolute atomic E-state index is 0.0660. The highest BCUT2D eigenvalue weighted by molar-refractivity contribution is 8.00. The Morgan fingerprint density at radius 3 is 2.67 bits per heavy atom. The lowest BCUT2D eigenvalue weighted by Gasteiger charge is -2.49. The van der Waals surface area contributed by atoms with Gasteiger partial charge in [0.2, 0.25) is 0 Å². The van der Waals surface area contributed by atoms with Crippen LogP contribution in [0.4, 0.5) is 0 Å². The van der Waals surface area contributed by atoms with Gasteiger partial charge in [0.05, 0.1) is 10.9 Å². The van der Waals surface area contributed by atoms with Gasteiger partial charge < -0.3 is 25.1 Å². The molecule has 0 radical (unpaired) electrons. The molecule has 3 unspecified atom stereocenters. The van der Waals surface area contributed by atoms with Gasteiger partial charge in [-0.15, -0.1) is 11.8 Å². The van der Waals surface area contributed by atoms with Crippen LogP contribution >= 0.6 is 11.8 Å². The number of aliphatic imine (C=N–C) groups is 1. The molecule has 1 fully saturated rings. The van der Waals surface area contributed by atoms with Crippen molar-refractivity contribution in [2.75, 3.05) is 12.4 Å². The van der Waals surface area contributed by atoms with Crippen LogP contribution in [0.15, 0.2) is 62.2 Å². The van der Waals surface area contributed by atoms with Crippen LogP contribution in [0, 0.1) is 11.7 Å². The molecule has 1 saturated heterocycles. The molecule has 4 rings (SSSR count). The van der Waals surface area contributed by atoms with Crippen molar-refractivity contribution in [1.29, 1.82) is 4.78 Å². The SMILES string of the molecule is CCOC(C(=O)NC1C(=O)N2C(C(=O)O)=C(C=COS(=O)(=O)c3ccc(C)cc3)CS[C@H]12)C1=NS(=N)C(N)=N1. The predicted octanol–water partition coefficient (Wildman–Crippen LogP) is 0.380. The summed E-state index contributed by atoms with van der Waals surface area (Å²) in [5.41, 5.74) is 6.27. The number of amides is 2. The Morgan fingerprint density at radius 1 is 1.38 bits per heavy atom. The number of carbonyl (C=O) groups is 3. The summed E-state index contributed by atoms with van der Waals surface area (Å²) in [7, 11) is -5.56. The minimum atomic E-state index is -4.13. The average molecular weight is 597 g/mol. The lowest BCUT2D eigenvalue weighted by atomic mass is 10.0. The van der Waals surface area contributed by atoms with Crippen molar-refractivity contribution in [3.8, 4) is 0 Å². The lowest BCUT2D eigenvalue weighted by Crippen LogP contribution is -2.71. The Balaban J connectivity index is 1.48. The topological polar surface area (TPSA) is 214 Å². The van der Waals surface area contributed by atoms with Crippen molar-refractivity contribution < 1.29 is 36.8 Å². The standard InChI is InChI=1S/C22H24N6O8S3/c1-3-35-16(17-26-22(23)38(24)27-17)18(29)25-14-19(30)28-15(21(31)32)12(10-37-20(14)28)8-9-36-39(33,34)13-6-4-11(2)5-7-13/h4-9,14,16,20,24H,3,10H2,1-2H3,(H,25,29)(H,31,32)(H2,23,26,27)/t14?,16?,20-,38?/m1/s1. The van der Waals surface area contributed by atoms with Gasteiger partial charge in [-0.2, -0.15) is 12.8 Å². The number of benzene rings is 1. The molecule has 0 saturated carbocycles. The number of carbonyl (C=O) groups excluding carboxylic acids is 2. The number of hydrogen-bond donors (Lipinski definition) is 4. The first-order chi connectivity index (χ1) is 18.4. The fourth-order valence-electron chi connectivity index (χ4n) is 3.80. The summed E-state index contributed by atoms with van der Waals surface area (Å²) in [4.78, 5) is 42.8. The van der Waals surface area contributed by atoms with Gasteiger partial charge in [0.15, 0.2) is 17.1 Å². The molecule has 5 N–H and O–H groups in total. The number of rotatable bonds is 10. The van der Waals surface area contributed by atoms with E-state index in [1.165, 1.54) is 30.0 Å². The van der Waals surface area contributed by atoms with Crippen LogP contribution in [-0.4, -0.2) is 77.1 Å². The van der Waals surface area contributed by atoms with E-state index in [0.29, 0.717) is 0 Å². The monoisotopic (exact) mass is 596 g/mol. The maximum atomic E-state index is 12.9. The Bertz CT molecular complexity index is 1470. The molecule has 17 heteroatoms. The summed E-state index contributed by atoms with van der Waals surface area (Å²) < 4.78 is 46.8. The van der Waals surface area contributed by atoms with Crippen LogP contribution in [0.3, 0.4) is 0 Å². The van der Waals surface area contributed by atoms with Gasteiger partial charge in [-0.1, -0.05) is 17.7 Å². The first kappa shape index (κ1) is 28.5. The number of nitrogens with two attached hydrogens (primary N) is 1. The van der Waals surface area contributed by atoms with Crippen molar-refractivity contribution in [1.82, 2.24) is 10.2 Å². The number of hydrogen-bond acceptors (Lipinski definition) is 11. The molecule has 0 bridgehead atoms. The Morgan fingerprint density at radius 2 is 2.08 bits per heavy atom. The van der Waals surface area contributed by atoms with Crippen LogP contribution < -0.4 is 11.1 Å². The van der Waals surface area contributed by atoms with Crippen LogP contribution in [0.25, 0.3) is 0 Å². The summed E-state index contributed by atoms with van der Waals surface area (Å²) in [5, 5.41) is 11.6. The maximum absolute atomic E-state index is 12.9. The highest BCUT2D eigenvalue weighted by atomic mass is 32.2. The molecule has 0 aromatic heterocycles. The van der Waals surface area contributed by atoms with Gasteiger partial charge in [0, 0.05) is 12.4 Å². The number of fused-ring (bicyclic) bond motifs is 1. The normalized spacial score (nSPS) is 23.6. The number of aryl methyl sites for hydroxylation is 1. The third-order valence-electron chi connectivity index (χ3n) is 5.67. The van der Waals surface area contributed by atoms with E-state index in [0.717, 1.165) is 16.7 Å². The molecule has 2 amide bonds. The smallest absolute Gasteiger partial charge is 0.352 e. The molecule has 3 aliphatic heterocycles. The largest absolute Gasteiger partial charge is 0.477 e. The van der Waals surface area contributed by atoms with E-state index < -0.39 is 56.3 Å². The van der Waals surface area contributed by atoms with E-state index in [-0.39, 0.29) is 39.5 Å². The number of nitrogens with zero attached hydrogens (tertiary/aromatic N) is 3. The molecular weight excluding hydrogens is 572 g/mol. The second kappa shape index (κ2) is 11.3. The zero-order valence-corrected chi connectivity index (χ0v) is 23.0. The van der Waals surface area contributed by atoms with Crippen molar-refractivity contribution in [3.63, 3.8) is 0 Å². The number of aliphatic carboxylic acids is 1. The number of carboxylic acids is 1. The highest BCUT2D eigenvalue weighted by Crippen LogP contribution is 2.40. The third-order valence-corrected chi connectivity index (χ3v) is 9.05. The number of allylic oxidation sites excluding steroid dienone is 1. The minimum Gasteiger partial charge on any atom is -0.477 e. The van der Waals surface area contributed by atoms with Crippen molar-refractivity contribution in [3.05, 3.63) is 53.4 Å². The Hall–Kier alpha value is -3.54. The quantitative estimate of drug-likeness (QED) is 0.165. The predicted molar refractivity (Wildman–Crippen MR) is 143 cm³/mol. The van der Waals surface area contributed by atoms with Crippen molar-refractivity contribution >= 4 is 61.5 Å². The summed E-state index contributed by atoms with van der Waals surface area (Å²) in [5.74, 6) is -2.80. The molecule has 208 valence electrons. The summed E-state index contributed by atoms with van der Waals surface area (Å²) in [6.07, 6.45) is 0.744. The third kappa shape index (κ3) is 5.75. The maximum Gasteiger partial charge on any atom is 0.352 e. The van der Waals surface area contributed by atoms with Crippen LogP contribution in [0.2, 0.25) is 0 Å². The van der Waals surface area contributed by atoms with Gasteiger partial charge in [0.25, 0.3) is 11.8 Å². The second-order valence-electron chi connectivity index (χ2n) is 8.26. The lowest BCUT2D eigenvalue weighted by molar-refractivity contribution is -0.151. The van der Waals surface area contributed by atoms with E-state index >= 15 is 0 Å². The number of thioether (sulfide) groups is 1. The van der Waals surface area contributed by atoms with Gasteiger partial charge in [-0.3, -0.25) is 19.3 Å². The van der Waals surface area contributed by atoms with E-state index in [4.69, 9.17) is 19.4 Å². The van der Waals surface area contributed by atoms with E-state index in [2.05, 4.69) is 14.7 Å². The van der Waals surface area contributed by atoms with Crippen molar-refractivity contribution in [2.24, 2.45) is 15.1 Å². The molecule has 3 aliphatic rings. The highest BCUT2D eigenvalue weighted by Gasteiger charge is 2.54. The molecule has 4 atom stereocenters. The molecule has 3 heterocycles. The van der Waals surface area contributed by atoms with Gasteiger partial charge in [-0.05, 0) is 37.6 Å². The Kier molecular flexibility index (Phi) is 8.24. The number of nitrogens with one attached hydrogen (secondary N) is 2. The van der Waals surface area contributed by atoms with Crippen molar-refractivity contribution in [2.45, 2.75) is 36.3 Å². The molecule has 1 aromatic carbocycles. The van der Waals surface area contributed by atoms with Gasteiger partial charge in [0.1, 0.15) is 28.3 Å². The number of carboxylic acid groups (broad SMARTS) is 1. The zero-order chi connectivity index (χ0) is 28.5. The molecule has 1 aromatic rings. The molecule has 39 heavy (non-hydrogen) atoms.